The van der Waals surface area contributed by atoms with Gasteiger partial charge in [0.2, 0.25) is 18.1 Å². The Kier molecular flexibility index (Phi) is 6.99. The largest absolute Gasteiger partial charge is 0.511 e. The van der Waals surface area contributed by atoms with Gasteiger partial charge in [0.1, 0.15) is 23.5 Å². The van der Waals surface area contributed by atoms with Crippen molar-refractivity contribution in [3.63, 3.8) is 0 Å². The summed E-state index contributed by atoms with van der Waals surface area (Å²) in [5.41, 5.74) is 6.65. The van der Waals surface area contributed by atoms with Gasteiger partial charge in [-0.2, -0.15) is 0 Å². The van der Waals surface area contributed by atoms with Gasteiger partial charge in [0.15, 0.2) is 0 Å². The third kappa shape index (κ3) is 4.68. The molecule has 174 valence electrons. The fraction of sp³-hybridized carbons (Fsp3) is 0.524. The van der Waals surface area contributed by atoms with Gasteiger partial charge in [-0.25, -0.2) is 9.59 Å². The number of thioether (sulfide) groups is 1. The summed E-state index contributed by atoms with van der Waals surface area (Å²) >= 11 is 1.38. The van der Waals surface area contributed by atoms with Crippen molar-refractivity contribution < 1.29 is 33.4 Å². The highest BCUT2D eigenvalue weighted by Gasteiger charge is 2.64. The second-order valence-electron chi connectivity index (χ2n) is 7.94. The molecule has 2 aliphatic rings. The SMILES string of the molecule is CCOC(=O)O[C@@H](C)OC(=O)[C@@H]1N2C(=O)[C@H](NC(=O)[C@H](N)c3ccccc3)[C@H]2SC1(C)C. The minimum atomic E-state index is -1.18. The lowest BCUT2D eigenvalue weighted by Crippen LogP contribution is -2.71. The Labute approximate surface area is 190 Å². The third-order valence-electron chi connectivity index (χ3n) is 5.21. The van der Waals surface area contributed by atoms with E-state index < -0.39 is 58.5 Å². The molecule has 3 rings (SSSR count). The average Bonchev–Trinajstić information content (AvgIpc) is 2.99. The molecule has 32 heavy (non-hydrogen) atoms. The Balaban J connectivity index is 1.63. The molecule has 2 amide bonds. The number of nitrogens with one attached hydrogen (secondary N) is 1. The van der Waals surface area contributed by atoms with Crippen LogP contribution in [0.5, 0.6) is 0 Å². The van der Waals surface area contributed by atoms with Crippen LogP contribution in [-0.2, 0) is 28.6 Å². The van der Waals surface area contributed by atoms with Crippen molar-refractivity contribution in [2.75, 3.05) is 6.61 Å². The van der Waals surface area contributed by atoms with Gasteiger partial charge >= 0.3 is 12.1 Å². The van der Waals surface area contributed by atoms with Crippen molar-refractivity contribution in [1.82, 2.24) is 10.2 Å². The highest BCUT2D eigenvalue weighted by atomic mass is 32.2. The Hall–Kier alpha value is -2.79. The topological polar surface area (TPSA) is 137 Å². The highest BCUT2D eigenvalue weighted by Crippen LogP contribution is 2.51. The summed E-state index contributed by atoms with van der Waals surface area (Å²) in [5.74, 6) is -1.58. The van der Waals surface area contributed by atoms with Gasteiger partial charge in [-0.15, -0.1) is 11.8 Å². The molecule has 1 aromatic rings. The molecule has 0 unspecified atom stereocenters. The van der Waals surface area contributed by atoms with Crippen LogP contribution < -0.4 is 11.1 Å². The van der Waals surface area contributed by atoms with Crippen molar-refractivity contribution >= 4 is 35.7 Å². The molecular formula is C21H27N3O7S. The monoisotopic (exact) mass is 465 g/mol. The summed E-state index contributed by atoms with van der Waals surface area (Å²) in [7, 11) is 0. The number of amides is 2. The minimum absolute atomic E-state index is 0.122. The minimum Gasteiger partial charge on any atom is -0.435 e. The number of nitrogens with zero attached hydrogens (tertiary/aromatic N) is 1. The van der Waals surface area contributed by atoms with Crippen LogP contribution in [0.3, 0.4) is 0 Å². The van der Waals surface area contributed by atoms with Crippen LogP contribution in [0, 0.1) is 0 Å². The first-order valence-electron chi connectivity index (χ1n) is 10.2. The maximum atomic E-state index is 12.8. The Bertz CT molecular complexity index is 895. The van der Waals surface area contributed by atoms with E-state index >= 15 is 0 Å². The van der Waals surface area contributed by atoms with Gasteiger partial charge in [0.25, 0.3) is 0 Å². The van der Waals surface area contributed by atoms with Crippen molar-refractivity contribution in [1.29, 1.82) is 0 Å². The summed E-state index contributed by atoms with van der Waals surface area (Å²) in [5, 5.41) is 2.26. The molecular weight excluding hydrogens is 438 g/mol. The third-order valence-corrected chi connectivity index (χ3v) is 6.78. The number of rotatable bonds is 7. The number of β-lactam (4-membered cyclic amide) rings is 1. The first kappa shape index (κ1) is 23.9. The van der Waals surface area contributed by atoms with Crippen molar-refractivity contribution in [3.8, 4) is 0 Å². The van der Waals surface area contributed by atoms with E-state index in [0.29, 0.717) is 5.56 Å². The molecule has 0 radical (unpaired) electrons. The summed E-state index contributed by atoms with van der Waals surface area (Å²) < 4.78 is 14.0. The lowest BCUT2D eigenvalue weighted by Gasteiger charge is -2.44. The molecule has 3 N–H and O–H groups in total. The molecule has 0 bridgehead atoms. The number of nitrogens with two attached hydrogens (primary N) is 1. The Morgan fingerprint density at radius 3 is 2.50 bits per heavy atom. The van der Waals surface area contributed by atoms with Crippen LogP contribution in [-0.4, -0.2) is 63.9 Å². The normalized spacial score (nSPS) is 25.1. The molecule has 1 aromatic carbocycles. The maximum absolute atomic E-state index is 12.8. The summed E-state index contributed by atoms with van der Waals surface area (Å²) in [6.07, 6.45) is -2.14. The molecule has 0 spiro atoms. The highest BCUT2D eigenvalue weighted by molar-refractivity contribution is 8.01. The molecule has 10 nitrogen and oxygen atoms in total. The number of hydrogen-bond donors (Lipinski definition) is 2. The second kappa shape index (κ2) is 9.37. The van der Waals surface area contributed by atoms with Crippen LogP contribution in [0.4, 0.5) is 4.79 Å². The van der Waals surface area contributed by atoms with Crippen LogP contribution in [0.25, 0.3) is 0 Å². The van der Waals surface area contributed by atoms with Gasteiger partial charge < -0.3 is 30.2 Å². The van der Waals surface area contributed by atoms with Crippen LogP contribution in [0.1, 0.15) is 39.3 Å². The number of carbonyl (C=O) groups is 4. The first-order valence-corrected chi connectivity index (χ1v) is 11.1. The molecule has 2 heterocycles. The van der Waals surface area contributed by atoms with E-state index in [1.165, 1.54) is 23.6 Å². The summed E-state index contributed by atoms with van der Waals surface area (Å²) in [6.45, 7) is 6.74. The van der Waals surface area contributed by atoms with Crippen LogP contribution in [0.15, 0.2) is 30.3 Å². The second-order valence-corrected chi connectivity index (χ2v) is 9.71. The molecule has 0 saturated carbocycles. The quantitative estimate of drug-likeness (QED) is 0.347. The Morgan fingerprint density at radius 1 is 1.22 bits per heavy atom. The summed E-state index contributed by atoms with van der Waals surface area (Å²) in [6, 6.07) is 6.21. The predicted molar refractivity (Wildman–Crippen MR) is 115 cm³/mol. The maximum Gasteiger partial charge on any atom is 0.511 e. The van der Waals surface area contributed by atoms with Crippen molar-refractivity contribution in [2.45, 2.75) is 62.2 Å². The number of esters is 1. The van der Waals surface area contributed by atoms with E-state index in [2.05, 4.69) is 10.1 Å². The number of fused-ring (bicyclic) bond motifs is 1. The number of carbonyl (C=O) groups excluding carboxylic acids is 4. The first-order chi connectivity index (χ1) is 15.1. The van der Waals surface area contributed by atoms with Gasteiger partial charge in [-0.05, 0) is 26.3 Å². The van der Waals surface area contributed by atoms with Crippen LogP contribution in [0.2, 0.25) is 0 Å². The van der Waals surface area contributed by atoms with Gasteiger partial charge in [-0.3, -0.25) is 9.59 Å². The molecule has 0 aliphatic carbocycles. The van der Waals surface area contributed by atoms with E-state index in [4.69, 9.17) is 15.2 Å². The van der Waals surface area contributed by atoms with E-state index in [1.54, 1.807) is 45.0 Å². The average molecular weight is 466 g/mol. The zero-order chi connectivity index (χ0) is 23.6. The smallest absolute Gasteiger partial charge is 0.435 e. The molecule has 5 atom stereocenters. The lowest BCUT2D eigenvalue weighted by molar-refractivity contribution is -0.180. The standard InChI is InChI=1S/C21H27N3O7S/c1-5-29-20(28)31-11(2)30-19(27)15-21(3,4)32-18-14(17(26)24(15)18)23-16(25)13(22)12-9-7-6-8-10-12/h6-11,13-15,18H,5,22H2,1-4H3,(H,23,25)/t11-,13+,14-,15-,18+/m0/s1. The van der Waals surface area contributed by atoms with Crippen molar-refractivity contribution in [3.05, 3.63) is 35.9 Å². The molecule has 0 aromatic heterocycles. The molecule has 2 aliphatic heterocycles. The number of hydrogen-bond acceptors (Lipinski definition) is 9. The number of benzene rings is 1. The van der Waals surface area contributed by atoms with Crippen LogP contribution >= 0.6 is 11.8 Å². The van der Waals surface area contributed by atoms with Gasteiger partial charge in [-0.1, -0.05) is 30.3 Å². The zero-order valence-corrected chi connectivity index (χ0v) is 19.1. The zero-order valence-electron chi connectivity index (χ0n) is 18.3. The molecule has 11 heteroatoms. The predicted octanol–water partition coefficient (Wildman–Crippen LogP) is 1.30. The molecule has 2 fully saturated rings. The summed E-state index contributed by atoms with van der Waals surface area (Å²) in [4.78, 5) is 51.0. The van der Waals surface area contributed by atoms with E-state index in [-0.39, 0.29) is 6.61 Å². The van der Waals surface area contributed by atoms with E-state index in [0.717, 1.165) is 0 Å². The number of ether oxygens (including phenoxy) is 3. The van der Waals surface area contributed by atoms with E-state index in [9.17, 15) is 19.2 Å². The lowest BCUT2D eigenvalue weighted by atomic mass is 9.95. The van der Waals surface area contributed by atoms with Gasteiger partial charge in [0.05, 0.1) is 6.61 Å². The fourth-order valence-electron chi connectivity index (χ4n) is 3.72. The van der Waals surface area contributed by atoms with Crippen molar-refractivity contribution in [2.24, 2.45) is 5.73 Å². The fourth-order valence-corrected chi connectivity index (χ4v) is 5.34. The Morgan fingerprint density at radius 2 is 1.88 bits per heavy atom. The van der Waals surface area contributed by atoms with E-state index in [1.807, 2.05) is 6.07 Å². The molecule has 2 saturated heterocycles. The van der Waals surface area contributed by atoms with Gasteiger partial charge in [0, 0.05) is 11.7 Å².